The molecule has 3 heteroatoms. The fourth-order valence-corrected chi connectivity index (χ4v) is 3.58. The van der Waals surface area contributed by atoms with Crippen LogP contribution in [0, 0.1) is 5.92 Å². The Labute approximate surface area is 138 Å². The van der Waals surface area contributed by atoms with Gasteiger partial charge in [-0.15, -0.1) is 0 Å². The highest BCUT2D eigenvalue weighted by Gasteiger charge is 2.20. The zero-order valence-electron chi connectivity index (χ0n) is 14.0. The highest BCUT2D eigenvalue weighted by Crippen LogP contribution is 2.29. The van der Waals surface area contributed by atoms with E-state index in [0.29, 0.717) is 12.2 Å². The maximum Gasteiger partial charge on any atom is 0.168 e. The second kappa shape index (κ2) is 7.14. The van der Waals surface area contributed by atoms with Crippen molar-refractivity contribution in [1.82, 2.24) is 4.90 Å². The van der Waals surface area contributed by atoms with Gasteiger partial charge >= 0.3 is 0 Å². The van der Waals surface area contributed by atoms with Crippen LogP contribution in [0.1, 0.15) is 36.5 Å². The number of carbonyl (C=O) groups is 1. The van der Waals surface area contributed by atoms with E-state index in [0.717, 1.165) is 41.9 Å². The van der Waals surface area contributed by atoms with Gasteiger partial charge in [0.25, 0.3) is 0 Å². The molecule has 1 fully saturated rings. The van der Waals surface area contributed by atoms with E-state index in [-0.39, 0.29) is 5.78 Å². The molecule has 3 nitrogen and oxygen atoms in total. The second-order valence-corrected chi connectivity index (χ2v) is 6.59. The maximum absolute atomic E-state index is 12.9. The Balaban J connectivity index is 1.80. The SMILES string of the molecule is COc1ccc2ccccc2c1C(=O)CCN1CCCC(C)C1. The zero-order valence-corrected chi connectivity index (χ0v) is 14.0. The van der Waals surface area contributed by atoms with Gasteiger partial charge in [-0.25, -0.2) is 0 Å². The monoisotopic (exact) mass is 311 g/mol. The third-order valence-corrected chi connectivity index (χ3v) is 4.79. The Morgan fingerprint density at radius 3 is 2.87 bits per heavy atom. The molecule has 0 spiro atoms. The van der Waals surface area contributed by atoms with Crippen LogP contribution in [0.3, 0.4) is 0 Å². The number of hydrogen-bond donors (Lipinski definition) is 0. The minimum atomic E-state index is 0.178. The number of Topliss-reactive ketones (excluding diaryl/α,β-unsaturated/α-hetero) is 1. The highest BCUT2D eigenvalue weighted by molar-refractivity contribution is 6.10. The molecule has 0 bridgehead atoms. The standard InChI is InChI=1S/C20H25NO2/c1-15-6-5-12-21(14-15)13-11-18(22)20-17-8-4-3-7-16(17)9-10-19(20)23-2/h3-4,7-10,15H,5-6,11-14H2,1-2H3. The van der Waals surface area contributed by atoms with Gasteiger partial charge in [0.15, 0.2) is 5.78 Å². The largest absolute Gasteiger partial charge is 0.496 e. The van der Waals surface area contributed by atoms with Crippen molar-refractivity contribution in [2.75, 3.05) is 26.7 Å². The molecule has 1 aliphatic rings. The van der Waals surface area contributed by atoms with Crippen molar-refractivity contribution in [3.63, 3.8) is 0 Å². The van der Waals surface area contributed by atoms with Crippen LogP contribution in [0.4, 0.5) is 0 Å². The lowest BCUT2D eigenvalue weighted by Gasteiger charge is -2.30. The molecule has 23 heavy (non-hydrogen) atoms. The normalized spacial score (nSPS) is 19.0. The van der Waals surface area contributed by atoms with E-state index in [2.05, 4.69) is 11.8 Å². The predicted molar refractivity (Wildman–Crippen MR) is 94.3 cm³/mol. The van der Waals surface area contributed by atoms with Crippen molar-refractivity contribution in [1.29, 1.82) is 0 Å². The number of hydrogen-bond acceptors (Lipinski definition) is 3. The minimum Gasteiger partial charge on any atom is -0.496 e. The summed E-state index contributed by atoms with van der Waals surface area (Å²) in [5.74, 6) is 1.60. The third-order valence-electron chi connectivity index (χ3n) is 4.79. The van der Waals surface area contributed by atoms with Crippen molar-refractivity contribution in [2.45, 2.75) is 26.2 Å². The van der Waals surface area contributed by atoms with E-state index in [9.17, 15) is 4.79 Å². The lowest BCUT2D eigenvalue weighted by atomic mass is 9.97. The Bertz CT molecular complexity index is 695. The van der Waals surface area contributed by atoms with Gasteiger partial charge in [0, 0.05) is 19.5 Å². The Morgan fingerprint density at radius 2 is 2.09 bits per heavy atom. The fourth-order valence-electron chi connectivity index (χ4n) is 3.58. The van der Waals surface area contributed by atoms with Gasteiger partial charge < -0.3 is 9.64 Å². The second-order valence-electron chi connectivity index (χ2n) is 6.59. The predicted octanol–water partition coefficient (Wildman–Crippen LogP) is 4.15. The highest BCUT2D eigenvalue weighted by atomic mass is 16.5. The van der Waals surface area contributed by atoms with Crippen LogP contribution in [0.15, 0.2) is 36.4 Å². The molecule has 1 atom stereocenters. The first-order valence-electron chi connectivity index (χ1n) is 8.50. The molecule has 0 radical (unpaired) electrons. The van der Waals surface area contributed by atoms with Crippen LogP contribution >= 0.6 is 0 Å². The van der Waals surface area contributed by atoms with Crippen LogP contribution in [-0.4, -0.2) is 37.4 Å². The number of methoxy groups -OCH3 is 1. The molecular weight excluding hydrogens is 286 g/mol. The molecule has 1 aliphatic heterocycles. The average Bonchev–Trinajstić information content (AvgIpc) is 2.58. The third kappa shape index (κ3) is 3.56. The average molecular weight is 311 g/mol. The Morgan fingerprint density at radius 1 is 1.26 bits per heavy atom. The summed E-state index contributed by atoms with van der Waals surface area (Å²) >= 11 is 0. The molecule has 122 valence electrons. The van der Waals surface area contributed by atoms with E-state index in [1.165, 1.54) is 12.8 Å². The van der Waals surface area contributed by atoms with Crippen LogP contribution in [0.2, 0.25) is 0 Å². The number of likely N-dealkylation sites (tertiary alicyclic amines) is 1. The van der Waals surface area contributed by atoms with Crippen molar-refractivity contribution < 1.29 is 9.53 Å². The number of ether oxygens (including phenoxy) is 1. The molecular formula is C20H25NO2. The summed E-state index contributed by atoms with van der Waals surface area (Å²) in [7, 11) is 1.63. The van der Waals surface area contributed by atoms with Crippen LogP contribution in [-0.2, 0) is 0 Å². The quantitative estimate of drug-likeness (QED) is 0.777. The zero-order chi connectivity index (χ0) is 16.2. The molecule has 0 saturated carbocycles. The lowest BCUT2D eigenvalue weighted by molar-refractivity contribution is 0.0948. The molecule has 2 aromatic carbocycles. The molecule has 3 rings (SSSR count). The van der Waals surface area contributed by atoms with Crippen molar-refractivity contribution in [3.8, 4) is 5.75 Å². The summed E-state index contributed by atoms with van der Waals surface area (Å²) in [6.45, 7) is 5.36. The molecule has 0 aromatic heterocycles. The summed E-state index contributed by atoms with van der Waals surface area (Å²) in [6.07, 6.45) is 3.10. The summed E-state index contributed by atoms with van der Waals surface area (Å²) in [5, 5.41) is 2.08. The minimum absolute atomic E-state index is 0.178. The van der Waals surface area contributed by atoms with Gasteiger partial charge in [-0.3, -0.25) is 4.79 Å². The molecule has 0 amide bonds. The van der Waals surface area contributed by atoms with Crippen molar-refractivity contribution in [2.24, 2.45) is 5.92 Å². The van der Waals surface area contributed by atoms with E-state index < -0.39 is 0 Å². The molecule has 1 heterocycles. The molecule has 1 unspecified atom stereocenters. The number of benzene rings is 2. The van der Waals surface area contributed by atoms with E-state index >= 15 is 0 Å². The van der Waals surface area contributed by atoms with Gasteiger partial charge in [-0.1, -0.05) is 37.3 Å². The summed E-state index contributed by atoms with van der Waals surface area (Å²) in [6, 6.07) is 11.9. The summed E-state index contributed by atoms with van der Waals surface area (Å²) < 4.78 is 5.45. The molecule has 1 saturated heterocycles. The van der Waals surface area contributed by atoms with Gasteiger partial charge in [0.2, 0.25) is 0 Å². The first-order valence-corrected chi connectivity index (χ1v) is 8.50. The fraction of sp³-hybridized carbons (Fsp3) is 0.450. The molecule has 2 aromatic rings. The van der Waals surface area contributed by atoms with Gasteiger partial charge in [-0.05, 0) is 42.1 Å². The van der Waals surface area contributed by atoms with Crippen LogP contribution in [0.25, 0.3) is 10.8 Å². The Hall–Kier alpha value is -1.87. The first kappa shape index (κ1) is 16.0. The lowest BCUT2D eigenvalue weighted by Crippen LogP contribution is -2.35. The topological polar surface area (TPSA) is 29.5 Å². The number of carbonyl (C=O) groups excluding carboxylic acids is 1. The van der Waals surface area contributed by atoms with E-state index in [1.54, 1.807) is 7.11 Å². The number of piperidine rings is 1. The van der Waals surface area contributed by atoms with Crippen molar-refractivity contribution in [3.05, 3.63) is 42.0 Å². The van der Waals surface area contributed by atoms with Gasteiger partial charge in [-0.2, -0.15) is 0 Å². The number of rotatable bonds is 5. The number of nitrogens with zero attached hydrogens (tertiary/aromatic N) is 1. The van der Waals surface area contributed by atoms with Gasteiger partial charge in [0.1, 0.15) is 5.75 Å². The first-order chi connectivity index (χ1) is 11.2. The maximum atomic E-state index is 12.9. The van der Waals surface area contributed by atoms with Crippen LogP contribution in [0.5, 0.6) is 5.75 Å². The molecule has 0 aliphatic carbocycles. The molecule has 0 N–H and O–H groups in total. The smallest absolute Gasteiger partial charge is 0.168 e. The summed E-state index contributed by atoms with van der Waals surface area (Å²) in [5.41, 5.74) is 0.732. The van der Waals surface area contributed by atoms with E-state index in [1.807, 2.05) is 36.4 Å². The summed E-state index contributed by atoms with van der Waals surface area (Å²) in [4.78, 5) is 15.3. The van der Waals surface area contributed by atoms with Crippen molar-refractivity contribution >= 4 is 16.6 Å². The van der Waals surface area contributed by atoms with Crippen LogP contribution < -0.4 is 4.74 Å². The Kier molecular flexibility index (Phi) is 4.97. The number of ketones is 1. The van der Waals surface area contributed by atoms with E-state index in [4.69, 9.17) is 4.74 Å². The number of fused-ring (bicyclic) bond motifs is 1. The van der Waals surface area contributed by atoms with Gasteiger partial charge in [0.05, 0.1) is 12.7 Å².